The Kier molecular flexibility index (Phi) is 10.6. The molecule has 0 aliphatic heterocycles. The molecule has 0 unspecified atom stereocenters. The van der Waals surface area contributed by atoms with E-state index in [0.717, 1.165) is 11.6 Å². The normalized spacial score (nSPS) is 9.26. The predicted octanol–water partition coefficient (Wildman–Crippen LogP) is 0.555. The molecular weight excluding hydrogens is 289 g/mol. The Balaban J connectivity index is 0. The summed E-state index contributed by atoms with van der Waals surface area (Å²) >= 11 is 0. The lowest BCUT2D eigenvalue weighted by Gasteiger charge is -2.12. The highest BCUT2D eigenvalue weighted by molar-refractivity contribution is 5.85. The summed E-state index contributed by atoms with van der Waals surface area (Å²) < 4.78 is 1.97. The molecule has 1 aromatic heterocycles. The second-order valence-corrected chi connectivity index (χ2v) is 4.13. The van der Waals surface area contributed by atoms with Gasteiger partial charge in [-0.15, -0.1) is 24.8 Å². The van der Waals surface area contributed by atoms with Crippen molar-refractivity contribution < 1.29 is 4.79 Å². The van der Waals surface area contributed by atoms with Crippen molar-refractivity contribution in [1.82, 2.24) is 20.2 Å². The van der Waals surface area contributed by atoms with Gasteiger partial charge in [0.25, 0.3) is 0 Å². The Bertz CT molecular complexity index is 381. The van der Waals surface area contributed by atoms with Gasteiger partial charge >= 0.3 is 0 Å². The number of amides is 1. The summed E-state index contributed by atoms with van der Waals surface area (Å²) in [5.74, 6) is 0.927. The molecule has 0 atom stereocenters. The molecule has 2 N–H and O–H groups in total. The summed E-state index contributed by atoms with van der Waals surface area (Å²) in [7, 11) is 7.66. The number of carbonyl (C=O) groups excluding carboxylic acids is 1. The molecule has 6 nitrogen and oxygen atoms in total. The van der Waals surface area contributed by atoms with Crippen LogP contribution in [0, 0.1) is 0 Å². The molecule has 0 bridgehead atoms. The van der Waals surface area contributed by atoms with Crippen LogP contribution < -0.4 is 15.5 Å². The maximum Gasteiger partial charge on any atom is 0.221 e. The van der Waals surface area contributed by atoms with Gasteiger partial charge in [0.15, 0.2) is 0 Å². The second kappa shape index (κ2) is 9.89. The van der Waals surface area contributed by atoms with Gasteiger partial charge in [0.1, 0.15) is 0 Å². The fourth-order valence-corrected chi connectivity index (χ4v) is 1.53. The van der Waals surface area contributed by atoms with E-state index in [1.165, 1.54) is 0 Å². The number of halogens is 2. The van der Waals surface area contributed by atoms with Crippen molar-refractivity contribution in [3.8, 4) is 0 Å². The average Bonchev–Trinajstić information content (AvgIpc) is 2.65. The Morgan fingerprint density at radius 3 is 2.53 bits per heavy atom. The van der Waals surface area contributed by atoms with Crippen LogP contribution >= 0.6 is 24.8 Å². The summed E-state index contributed by atoms with van der Waals surface area (Å²) in [6.45, 7) is 1.21. The van der Waals surface area contributed by atoms with Crippen LogP contribution in [0.4, 0.5) is 5.95 Å². The molecule has 0 radical (unpaired) electrons. The summed E-state index contributed by atoms with van der Waals surface area (Å²) in [5, 5.41) is 5.81. The van der Waals surface area contributed by atoms with E-state index in [4.69, 9.17) is 0 Å². The third-order valence-electron chi connectivity index (χ3n) is 2.53. The molecule has 0 fully saturated rings. The lowest BCUT2D eigenvalue weighted by atomic mass is 10.3. The first-order chi connectivity index (χ1) is 8.06. The summed E-state index contributed by atoms with van der Waals surface area (Å²) in [6, 6.07) is 0. The molecule has 0 aliphatic rings. The highest BCUT2D eigenvalue weighted by Gasteiger charge is 2.08. The monoisotopic (exact) mass is 311 g/mol. The molecular formula is C11H23Cl2N5O. The van der Waals surface area contributed by atoms with Crippen LogP contribution in [0.25, 0.3) is 0 Å². The molecule has 19 heavy (non-hydrogen) atoms. The Labute approximate surface area is 126 Å². The van der Waals surface area contributed by atoms with E-state index < -0.39 is 0 Å². The Hall–Kier alpha value is -0.980. The van der Waals surface area contributed by atoms with E-state index in [0.29, 0.717) is 19.5 Å². The van der Waals surface area contributed by atoms with Crippen molar-refractivity contribution in [2.75, 3.05) is 32.6 Å². The molecule has 1 rings (SSSR count). The number of anilines is 1. The van der Waals surface area contributed by atoms with E-state index in [9.17, 15) is 4.79 Å². The van der Waals surface area contributed by atoms with Crippen LogP contribution in [-0.2, 0) is 18.4 Å². The van der Waals surface area contributed by atoms with Crippen molar-refractivity contribution in [1.29, 1.82) is 0 Å². The fraction of sp³-hybridized carbons (Fsp3) is 0.636. The maximum atomic E-state index is 11.4. The minimum atomic E-state index is 0. The zero-order valence-electron chi connectivity index (χ0n) is 11.8. The van der Waals surface area contributed by atoms with E-state index in [2.05, 4.69) is 15.6 Å². The fourth-order valence-electron chi connectivity index (χ4n) is 1.53. The van der Waals surface area contributed by atoms with Crippen LogP contribution in [0.3, 0.4) is 0 Å². The van der Waals surface area contributed by atoms with Gasteiger partial charge in [-0.2, -0.15) is 0 Å². The Morgan fingerprint density at radius 1 is 1.42 bits per heavy atom. The first kappa shape index (κ1) is 20.3. The third-order valence-corrected chi connectivity index (χ3v) is 2.53. The van der Waals surface area contributed by atoms with Crippen LogP contribution in [-0.4, -0.2) is 43.1 Å². The standard InChI is InChI=1S/C11H21N5O.2ClH/c1-12-6-5-10(17)13-7-9-8-14-11(15(2)3)16(9)4;;/h8,12H,5-7H2,1-4H3,(H,13,17);2*1H. The quantitative estimate of drug-likeness (QED) is 0.805. The van der Waals surface area contributed by atoms with Gasteiger partial charge in [-0.25, -0.2) is 4.98 Å². The number of hydrogen-bond donors (Lipinski definition) is 2. The summed E-state index contributed by atoms with van der Waals surface area (Å²) in [4.78, 5) is 17.7. The highest BCUT2D eigenvalue weighted by Crippen LogP contribution is 2.10. The minimum Gasteiger partial charge on any atom is -0.350 e. The van der Waals surface area contributed by atoms with Crippen LogP contribution in [0.5, 0.6) is 0 Å². The van der Waals surface area contributed by atoms with Gasteiger partial charge in [0.05, 0.1) is 18.4 Å². The molecule has 1 aromatic rings. The molecule has 1 amide bonds. The zero-order valence-corrected chi connectivity index (χ0v) is 13.4. The number of hydrogen-bond acceptors (Lipinski definition) is 4. The zero-order chi connectivity index (χ0) is 12.8. The van der Waals surface area contributed by atoms with E-state index in [-0.39, 0.29) is 30.7 Å². The number of nitrogens with one attached hydrogen (secondary N) is 2. The van der Waals surface area contributed by atoms with E-state index in [1.54, 1.807) is 6.20 Å². The Morgan fingerprint density at radius 2 is 2.05 bits per heavy atom. The lowest BCUT2D eigenvalue weighted by Crippen LogP contribution is -2.27. The maximum absolute atomic E-state index is 11.4. The smallest absolute Gasteiger partial charge is 0.221 e. The van der Waals surface area contributed by atoms with Gasteiger partial charge in [0.2, 0.25) is 11.9 Å². The number of rotatable bonds is 6. The predicted molar refractivity (Wildman–Crippen MR) is 82.4 cm³/mol. The van der Waals surface area contributed by atoms with E-state index >= 15 is 0 Å². The van der Waals surface area contributed by atoms with Crippen LogP contribution in [0.1, 0.15) is 12.1 Å². The number of carbonyl (C=O) groups is 1. The summed E-state index contributed by atoms with van der Waals surface area (Å²) in [5.41, 5.74) is 0.992. The average molecular weight is 312 g/mol. The van der Waals surface area contributed by atoms with Crippen molar-refractivity contribution in [3.63, 3.8) is 0 Å². The van der Waals surface area contributed by atoms with Gasteiger partial charge in [0, 0.05) is 34.1 Å². The lowest BCUT2D eigenvalue weighted by molar-refractivity contribution is -0.121. The summed E-state index contributed by atoms with van der Waals surface area (Å²) in [6.07, 6.45) is 2.28. The topological polar surface area (TPSA) is 62.2 Å². The molecule has 0 aliphatic carbocycles. The first-order valence-corrected chi connectivity index (χ1v) is 5.65. The molecule has 1 heterocycles. The number of nitrogens with zero attached hydrogens (tertiary/aromatic N) is 3. The molecule has 0 aromatic carbocycles. The first-order valence-electron chi connectivity index (χ1n) is 5.65. The van der Waals surface area contributed by atoms with Crippen molar-refractivity contribution in [2.24, 2.45) is 7.05 Å². The SMILES string of the molecule is CNCCC(=O)NCc1cnc(N(C)C)n1C.Cl.Cl. The molecule has 112 valence electrons. The van der Waals surface area contributed by atoms with Gasteiger partial charge < -0.3 is 20.1 Å². The second-order valence-electron chi connectivity index (χ2n) is 4.13. The minimum absolute atomic E-state index is 0. The van der Waals surface area contributed by atoms with E-state index in [1.807, 2.05) is 37.7 Å². The van der Waals surface area contributed by atoms with Gasteiger partial charge in [-0.1, -0.05) is 0 Å². The van der Waals surface area contributed by atoms with Gasteiger partial charge in [-0.3, -0.25) is 4.79 Å². The van der Waals surface area contributed by atoms with Crippen LogP contribution in [0.2, 0.25) is 0 Å². The molecule has 0 spiro atoms. The highest BCUT2D eigenvalue weighted by atomic mass is 35.5. The van der Waals surface area contributed by atoms with Crippen molar-refractivity contribution in [2.45, 2.75) is 13.0 Å². The van der Waals surface area contributed by atoms with Crippen molar-refractivity contribution in [3.05, 3.63) is 11.9 Å². The molecule has 0 saturated heterocycles. The van der Waals surface area contributed by atoms with Crippen LogP contribution in [0.15, 0.2) is 6.20 Å². The largest absolute Gasteiger partial charge is 0.350 e. The van der Waals surface area contributed by atoms with Gasteiger partial charge in [-0.05, 0) is 7.05 Å². The molecule has 0 saturated carbocycles. The van der Waals surface area contributed by atoms with Crippen molar-refractivity contribution >= 4 is 36.7 Å². The third kappa shape index (κ3) is 6.13. The number of aromatic nitrogens is 2. The number of imidazole rings is 1. The molecule has 8 heteroatoms.